The highest BCUT2D eigenvalue weighted by Crippen LogP contribution is 2.47. The van der Waals surface area contributed by atoms with E-state index in [1.54, 1.807) is 0 Å². The number of nitrogens with zero attached hydrogens (tertiary/aromatic N) is 1. The summed E-state index contributed by atoms with van der Waals surface area (Å²) in [5, 5.41) is 11.5. The number of H-pyrrole nitrogens is 2. The van der Waals surface area contributed by atoms with Crippen molar-refractivity contribution in [2.75, 3.05) is 6.54 Å². The van der Waals surface area contributed by atoms with Gasteiger partial charge in [-0.05, 0) is 24.8 Å². The Balaban J connectivity index is 1.66. The maximum Gasteiger partial charge on any atom is 0.323 e. The van der Waals surface area contributed by atoms with Crippen molar-refractivity contribution >= 4 is 5.91 Å². The SMILES string of the molecule is O=C(c1c[nH]c(=O)[nH]1)N1CC[C@@](O)(c2ccccc2)[C@@H]2CCCC[C@@H]21. The van der Waals surface area contributed by atoms with Gasteiger partial charge in [-0.15, -0.1) is 0 Å². The molecule has 4 rings (SSSR count). The summed E-state index contributed by atoms with van der Waals surface area (Å²) >= 11 is 0. The van der Waals surface area contributed by atoms with Crippen molar-refractivity contribution in [3.05, 3.63) is 58.3 Å². The highest BCUT2D eigenvalue weighted by atomic mass is 16.3. The topological polar surface area (TPSA) is 89.2 Å². The number of fused-ring (bicyclic) bond motifs is 1. The number of imidazole rings is 1. The van der Waals surface area contributed by atoms with E-state index in [-0.39, 0.29) is 23.6 Å². The lowest BCUT2D eigenvalue weighted by atomic mass is 9.66. The number of likely N-dealkylation sites (tertiary alicyclic amines) is 1. The van der Waals surface area contributed by atoms with E-state index in [9.17, 15) is 14.7 Å². The average molecular weight is 341 g/mol. The molecular formula is C19H23N3O3. The fourth-order valence-corrected chi connectivity index (χ4v) is 4.62. The van der Waals surface area contributed by atoms with Gasteiger partial charge in [0.05, 0.1) is 5.60 Å². The van der Waals surface area contributed by atoms with Crippen LogP contribution in [0, 0.1) is 5.92 Å². The molecule has 3 N–H and O–H groups in total. The smallest absolute Gasteiger partial charge is 0.323 e. The molecule has 0 radical (unpaired) electrons. The summed E-state index contributed by atoms with van der Waals surface area (Å²) in [7, 11) is 0. The van der Waals surface area contributed by atoms with Crippen LogP contribution in [-0.2, 0) is 5.60 Å². The Morgan fingerprint density at radius 1 is 1.20 bits per heavy atom. The van der Waals surface area contributed by atoms with E-state index < -0.39 is 5.60 Å². The van der Waals surface area contributed by atoms with E-state index in [4.69, 9.17) is 0 Å². The summed E-state index contributed by atoms with van der Waals surface area (Å²) in [5.74, 6) is -0.141. The van der Waals surface area contributed by atoms with Crippen LogP contribution in [0.3, 0.4) is 0 Å². The third-order valence-corrected chi connectivity index (χ3v) is 5.84. The number of benzene rings is 1. The minimum atomic E-state index is -0.894. The van der Waals surface area contributed by atoms with Crippen molar-refractivity contribution in [1.82, 2.24) is 14.9 Å². The summed E-state index contributed by atoms with van der Waals surface area (Å²) in [6.07, 6.45) is 5.86. The molecule has 1 aliphatic carbocycles. The third kappa shape index (κ3) is 2.70. The number of aromatic amines is 2. The Morgan fingerprint density at radius 2 is 1.96 bits per heavy atom. The lowest BCUT2D eigenvalue weighted by Crippen LogP contribution is -2.59. The molecule has 1 amide bonds. The number of aromatic nitrogens is 2. The summed E-state index contributed by atoms with van der Waals surface area (Å²) in [5.41, 5.74) is -0.0378. The molecule has 2 aliphatic rings. The molecule has 1 saturated heterocycles. The molecule has 0 unspecified atom stereocenters. The van der Waals surface area contributed by atoms with E-state index in [2.05, 4.69) is 9.97 Å². The first kappa shape index (κ1) is 16.1. The Bertz CT molecular complexity index is 813. The monoisotopic (exact) mass is 341 g/mol. The highest BCUT2D eigenvalue weighted by Gasteiger charge is 2.50. The zero-order valence-corrected chi connectivity index (χ0v) is 14.1. The Hall–Kier alpha value is -2.34. The largest absolute Gasteiger partial charge is 0.385 e. The van der Waals surface area contributed by atoms with E-state index in [1.165, 1.54) is 6.20 Å². The summed E-state index contributed by atoms with van der Waals surface area (Å²) < 4.78 is 0. The number of nitrogens with one attached hydrogen (secondary N) is 2. The maximum atomic E-state index is 12.9. The quantitative estimate of drug-likeness (QED) is 0.780. The second-order valence-corrected chi connectivity index (χ2v) is 7.15. The van der Waals surface area contributed by atoms with Gasteiger partial charge >= 0.3 is 5.69 Å². The second-order valence-electron chi connectivity index (χ2n) is 7.15. The molecule has 25 heavy (non-hydrogen) atoms. The van der Waals surface area contributed by atoms with Crippen LogP contribution in [0.1, 0.15) is 48.2 Å². The predicted molar refractivity (Wildman–Crippen MR) is 93.2 cm³/mol. The molecule has 0 spiro atoms. The first-order valence-electron chi connectivity index (χ1n) is 8.96. The lowest BCUT2D eigenvalue weighted by Gasteiger charge is -2.52. The highest BCUT2D eigenvalue weighted by molar-refractivity contribution is 5.92. The molecule has 3 atom stereocenters. The normalized spacial score (nSPS) is 29.2. The number of rotatable bonds is 2. The fourth-order valence-electron chi connectivity index (χ4n) is 4.62. The van der Waals surface area contributed by atoms with Gasteiger partial charge in [0.1, 0.15) is 5.69 Å². The van der Waals surface area contributed by atoms with E-state index in [1.807, 2.05) is 35.2 Å². The van der Waals surface area contributed by atoms with Gasteiger partial charge in [-0.3, -0.25) is 4.79 Å². The van der Waals surface area contributed by atoms with Crippen molar-refractivity contribution in [3.63, 3.8) is 0 Å². The number of hydrogen-bond donors (Lipinski definition) is 3. The summed E-state index contributed by atoms with van der Waals surface area (Å²) in [6, 6.07) is 9.81. The van der Waals surface area contributed by atoms with Crippen molar-refractivity contribution in [2.45, 2.75) is 43.7 Å². The standard InChI is InChI=1S/C19H23N3O3/c23-17(15-12-20-18(24)21-15)22-11-10-19(25,13-6-2-1-3-7-13)14-8-4-5-9-16(14)22/h1-3,6-7,12,14,16,25H,4-5,8-11H2,(H2,20,21,24)/t14-,16+,19-/m1/s1. The zero-order valence-electron chi connectivity index (χ0n) is 14.1. The summed E-state index contributed by atoms with van der Waals surface area (Å²) in [4.78, 5) is 31.1. The molecule has 1 saturated carbocycles. The Labute approximate surface area is 145 Å². The first-order chi connectivity index (χ1) is 12.1. The number of piperidine rings is 1. The molecule has 1 aliphatic heterocycles. The molecule has 1 aromatic heterocycles. The first-order valence-corrected chi connectivity index (χ1v) is 8.96. The van der Waals surface area contributed by atoms with Crippen LogP contribution in [0.2, 0.25) is 0 Å². The van der Waals surface area contributed by atoms with E-state index in [0.29, 0.717) is 18.7 Å². The van der Waals surface area contributed by atoms with E-state index >= 15 is 0 Å². The lowest BCUT2D eigenvalue weighted by molar-refractivity contribution is -0.110. The van der Waals surface area contributed by atoms with Gasteiger partial charge in [-0.1, -0.05) is 43.2 Å². The second kappa shape index (κ2) is 6.19. The van der Waals surface area contributed by atoms with Crippen LogP contribution in [0.4, 0.5) is 0 Å². The third-order valence-electron chi connectivity index (χ3n) is 5.84. The van der Waals surface area contributed by atoms with Gasteiger partial charge < -0.3 is 20.0 Å². The molecule has 132 valence electrons. The van der Waals surface area contributed by atoms with Gasteiger partial charge in [0, 0.05) is 24.7 Å². The Kier molecular flexibility index (Phi) is 4.00. The van der Waals surface area contributed by atoms with Crippen molar-refractivity contribution in [2.24, 2.45) is 5.92 Å². The molecule has 6 heteroatoms. The van der Waals surface area contributed by atoms with Gasteiger partial charge in [0.25, 0.3) is 5.91 Å². The Morgan fingerprint density at radius 3 is 2.68 bits per heavy atom. The molecule has 1 aromatic carbocycles. The van der Waals surface area contributed by atoms with Crippen LogP contribution in [0.15, 0.2) is 41.3 Å². The van der Waals surface area contributed by atoms with Gasteiger partial charge in [0.2, 0.25) is 0 Å². The molecular weight excluding hydrogens is 318 g/mol. The number of hydrogen-bond acceptors (Lipinski definition) is 3. The van der Waals surface area contributed by atoms with Crippen LogP contribution in [0.5, 0.6) is 0 Å². The zero-order chi connectivity index (χ0) is 17.4. The van der Waals surface area contributed by atoms with Crippen LogP contribution >= 0.6 is 0 Å². The maximum absolute atomic E-state index is 12.9. The average Bonchev–Trinajstić information content (AvgIpc) is 3.09. The van der Waals surface area contributed by atoms with Crippen LogP contribution in [0.25, 0.3) is 0 Å². The fraction of sp³-hybridized carbons (Fsp3) is 0.474. The van der Waals surface area contributed by atoms with Crippen molar-refractivity contribution in [1.29, 1.82) is 0 Å². The number of aliphatic hydroxyl groups is 1. The molecule has 6 nitrogen and oxygen atoms in total. The minimum Gasteiger partial charge on any atom is -0.385 e. The number of carbonyl (C=O) groups excluding carboxylic acids is 1. The molecule has 0 bridgehead atoms. The van der Waals surface area contributed by atoms with Gasteiger partial charge in [-0.2, -0.15) is 0 Å². The summed E-state index contributed by atoms with van der Waals surface area (Å²) in [6.45, 7) is 0.485. The number of amides is 1. The van der Waals surface area contributed by atoms with E-state index in [0.717, 1.165) is 31.2 Å². The minimum absolute atomic E-state index is 0.00129. The van der Waals surface area contributed by atoms with Gasteiger partial charge in [-0.25, -0.2) is 4.79 Å². The predicted octanol–water partition coefficient (Wildman–Crippen LogP) is 2.00. The van der Waals surface area contributed by atoms with Crippen LogP contribution < -0.4 is 5.69 Å². The van der Waals surface area contributed by atoms with Gasteiger partial charge in [0.15, 0.2) is 0 Å². The van der Waals surface area contributed by atoms with Crippen molar-refractivity contribution in [3.8, 4) is 0 Å². The van der Waals surface area contributed by atoms with Crippen LogP contribution in [-0.4, -0.2) is 38.5 Å². The molecule has 2 fully saturated rings. The number of carbonyl (C=O) groups is 1. The molecule has 2 aromatic rings. The molecule has 2 heterocycles. The van der Waals surface area contributed by atoms with Crippen molar-refractivity contribution < 1.29 is 9.90 Å².